The SMILES string of the molecule is CNS(=O)(=O)c1ccccc1NC(=O)c1nc(N)n[nH]1. The number of carbonyl (C=O) groups excluding carboxylic acids is 1. The number of sulfonamides is 1. The molecule has 0 atom stereocenters. The van der Waals surface area contributed by atoms with E-state index in [1.54, 1.807) is 12.1 Å². The molecule has 1 heterocycles. The Hall–Kier alpha value is -2.46. The summed E-state index contributed by atoms with van der Waals surface area (Å²) >= 11 is 0. The molecule has 1 aromatic carbocycles. The molecule has 0 unspecified atom stereocenters. The topological polar surface area (TPSA) is 143 Å². The van der Waals surface area contributed by atoms with Crippen molar-refractivity contribution in [3.05, 3.63) is 30.1 Å². The predicted octanol–water partition coefficient (Wildman–Crippen LogP) is -0.453. The molecule has 0 saturated heterocycles. The monoisotopic (exact) mass is 296 g/mol. The van der Waals surface area contributed by atoms with Gasteiger partial charge in [-0.15, -0.1) is 5.10 Å². The summed E-state index contributed by atoms with van der Waals surface area (Å²) in [5.41, 5.74) is 5.42. The zero-order valence-corrected chi connectivity index (χ0v) is 11.2. The van der Waals surface area contributed by atoms with E-state index in [1.165, 1.54) is 19.2 Å². The molecule has 5 N–H and O–H groups in total. The van der Waals surface area contributed by atoms with Crippen molar-refractivity contribution in [3.8, 4) is 0 Å². The smallest absolute Gasteiger partial charge is 0.293 e. The van der Waals surface area contributed by atoms with Crippen LogP contribution in [0.4, 0.5) is 11.6 Å². The van der Waals surface area contributed by atoms with Crippen molar-refractivity contribution >= 4 is 27.6 Å². The number of nitrogens with two attached hydrogens (primary N) is 1. The molecule has 0 aliphatic carbocycles. The summed E-state index contributed by atoms with van der Waals surface area (Å²) in [7, 11) is -2.40. The number of aromatic amines is 1. The Bertz CT molecular complexity index is 739. The van der Waals surface area contributed by atoms with Crippen LogP contribution < -0.4 is 15.8 Å². The van der Waals surface area contributed by atoms with Crippen LogP contribution in [0.15, 0.2) is 29.2 Å². The highest BCUT2D eigenvalue weighted by Gasteiger charge is 2.19. The number of amides is 1. The van der Waals surface area contributed by atoms with Crippen LogP contribution in [0.2, 0.25) is 0 Å². The molecule has 0 radical (unpaired) electrons. The molecule has 20 heavy (non-hydrogen) atoms. The molecule has 2 aromatic rings. The van der Waals surface area contributed by atoms with Gasteiger partial charge in [-0.2, -0.15) is 4.98 Å². The Kier molecular flexibility index (Phi) is 3.68. The highest BCUT2D eigenvalue weighted by atomic mass is 32.2. The van der Waals surface area contributed by atoms with Crippen molar-refractivity contribution in [2.45, 2.75) is 4.90 Å². The molecular weight excluding hydrogens is 284 g/mol. The summed E-state index contributed by atoms with van der Waals surface area (Å²) in [5, 5.41) is 8.28. The summed E-state index contributed by atoms with van der Waals surface area (Å²) in [6, 6.07) is 5.98. The van der Waals surface area contributed by atoms with Crippen LogP contribution in [-0.2, 0) is 10.0 Å². The van der Waals surface area contributed by atoms with E-state index in [4.69, 9.17) is 5.73 Å². The van der Waals surface area contributed by atoms with E-state index >= 15 is 0 Å². The molecule has 1 amide bonds. The summed E-state index contributed by atoms with van der Waals surface area (Å²) in [5.74, 6) is -0.835. The van der Waals surface area contributed by atoms with E-state index in [-0.39, 0.29) is 22.4 Å². The quantitative estimate of drug-likeness (QED) is 0.601. The molecule has 106 valence electrons. The highest BCUT2D eigenvalue weighted by molar-refractivity contribution is 7.89. The molecular formula is C10H12N6O3S. The van der Waals surface area contributed by atoms with Crippen molar-refractivity contribution in [1.29, 1.82) is 0 Å². The number of aromatic nitrogens is 3. The van der Waals surface area contributed by atoms with Crippen LogP contribution in [-0.4, -0.2) is 36.6 Å². The van der Waals surface area contributed by atoms with Crippen molar-refractivity contribution in [1.82, 2.24) is 19.9 Å². The molecule has 10 heteroatoms. The summed E-state index contributed by atoms with van der Waals surface area (Å²) in [6.45, 7) is 0. The third-order valence-electron chi connectivity index (χ3n) is 2.41. The fourth-order valence-corrected chi connectivity index (χ4v) is 2.36. The normalized spacial score (nSPS) is 11.2. The number of H-pyrrole nitrogens is 1. The van der Waals surface area contributed by atoms with Gasteiger partial charge in [0.2, 0.25) is 21.8 Å². The van der Waals surface area contributed by atoms with Crippen LogP contribution in [0.1, 0.15) is 10.6 Å². The Morgan fingerprint density at radius 3 is 2.65 bits per heavy atom. The van der Waals surface area contributed by atoms with Gasteiger partial charge in [-0.3, -0.25) is 9.89 Å². The Balaban J connectivity index is 2.33. The fraction of sp³-hybridized carbons (Fsp3) is 0.100. The first-order chi connectivity index (χ1) is 9.44. The minimum absolute atomic E-state index is 0.0525. The number of hydrogen-bond acceptors (Lipinski definition) is 6. The first-order valence-electron chi connectivity index (χ1n) is 5.46. The van der Waals surface area contributed by atoms with Gasteiger partial charge in [0.15, 0.2) is 0 Å². The lowest BCUT2D eigenvalue weighted by Crippen LogP contribution is -2.22. The zero-order valence-electron chi connectivity index (χ0n) is 10.4. The second-order valence-corrected chi connectivity index (χ2v) is 5.56. The fourth-order valence-electron chi connectivity index (χ4n) is 1.47. The lowest BCUT2D eigenvalue weighted by atomic mass is 10.3. The number of carbonyl (C=O) groups is 1. The van der Waals surface area contributed by atoms with E-state index < -0.39 is 15.9 Å². The molecule has 1 aromatic heterocycles. The highest BCUT2D eigenvalue weighted by Crippen LogP contribution is 2.20. The van der Waals surface area contributed by atoms with Crippen LogP contribution in [0.3, 0.4) is 0 Å². The van der Waals surface area contributed by atoms with Gasteiger partial charge in [-0.25, -0.2) is 13.1 Å². The lowest BCUT2D eigenvalue weighted by Gasteiger charge is -2.09. The molecule has 0 aliphatic rings. The summed E-state index contributed by atoms with van der Waals surface area (Å²) in [4.78, 5) is 15.5. The van der Waals surface area contributed by atoms with Crippen molar-refractivity contribution < 1.29 is 13.2 Å². The molecule has 0 fully saturated rings. The number of benzene rings is 1. The maximum atomic E-state index is 11.9. The molecule has 0 bridgehead atoms. The van der Waals surface area contributed by atoms with Gasteiger partial charge in [0, 0.05) is 0 Å². The molecule has 0 saturated carbocycles. The van der Waals surface area contributed by atoms with E-state index in [9.17, 15) is 13.2 Å². The number of para-hydroxylation sites is 1. The Morgan fingerprint density at radius 1 is 1.35 bits per heavy atom. The first-order valence-corrected chi connectivity index (χ1v) is 6.94. The Labute approximate surface area is 114 Å². The van der Waals surface area contributed by atoms with Crippen molar-refractivity contribution in [2.75, 3.05) is 18.1 Å². The molecule has 2 rings (SSSR count). The summed E-state index contributed by atoms with van der Waals surface area (Å²) in [6.07, 6.45) is 0. The van der Waals surface area contributed by atoms with Gasteiger partial charge >= 0.3 is 0 Å². The van der Waals surface area contributed by atoms with E-state index in [0.717, 1.165) is 0 Å². The average molecular weight is 296 g/mol. The number of nitrogen functional groups attached to an aromatic ring is 1. The van der Waals surface area contributed by atoms with Gasteiger partial charge in [0.1, 0.15) is 4.90 Å². The van der Waals surface area contributed by atoms with Gasteiger partial charge in [0.05, 0.1) is 5.69 Å². The van der Waals surface area contributed by atoms with Gasteiger partial charge in [-0.1, -0.05) is 12.1 Å². The number of rotatable bonds is 4. The second kappa shape index (κ2) is 5.27. The minimum Gasteiger partial charge on any atom is -0.366 e. The van der Waals surface area contributed by atoms with E-state index in [2.05, 4.69) is 25.2 Å². The van der Waals surface area contributed by atoms with Crippen LogP contribution >= 0.6 is 0 Å². The first kappa shape index (κ1) is 14.0. The van der Waals surface area contributed by atoms with E-state index in [0.29, 0.717) is 0 Å². The average Bonchev–Trinajstić information content (AvgIpc) is 2.86. The number of hydrogen-bond donors (Lipinski definition) is 4. The number of nitrogens with zero attached hydrogens (tertiary/aromatic N) is 2. The standard InChI is InChI=1S/C10H12N6O3S/c1-12-20(18,19)7-5-3-2-4-6(7)13-9(17)8-14-10(11)16-15-8/h2-5,12H,1H3,(H,13,17)(H3,11,14,15,16). The number of nitrogens with one attached hydrogen (secondary N) is 3. The number of anilines is 2. The maximum absolute atomic E-state index is 11.9. The van der Waals surface area contributed by atoms with Gasteiger partial charge in [0.25, 0.3) is 5.91 Å². The van der Waals surface area contributed by atoms with Gasteiger partial charge < -0.3 is 11.1 Å². The molecule has 9 nitrogen and oxygen atoms in total. The third kappa shape index (κ3) is 2.75. The molecule has 0 aliphatic heterocycles. The summed E-state index contributed by atoms with van der Waals surface area (Å²) < 4.78 is 25.8. The Morgan fingerprint density at radius 2 is 2.05 bits per heavy atom. The van der Waals surface area contributed by atoms with Crippen molar-refractivity contribution in [2.24, 2.45) is 0 Å². The molecule has 0 spiro atoms. The third-order valence-corrected chi connectivity index (χ3v) is 3.88. The predicted molar refractivity (Wildman–Crippen MR) is 71.4 cm³/mol. The maximum Gasteiger partial charge on any atom is 0.293 e. The van der Waals surface area contributed by atoms with Crippen LogP contribution in [0, 0.1) is 0 Å². The van der Waals surface area contributed by atoms with Crippen molar-refractivity contribution in [3.63, 3.8) is 0 Å². The van der Waals surface area contributed by atoms with Crippen LogP contribution in [0.5, 0.6) is 0 Å². The largest absolute Gasteiger partial charge is 0.366 e. The zero-order chi connectivity index (χ0) is 14.8. The second-order valence-electron chi connectivity index (χ2n) is 3.70. The lowest BCUT2D eigenvalue weighted by molar-refractivity contribution is 0.101. The minimum atomic E-state index is -3.69. The van der Waals surface area contributed by atoms with Gasteiger partial charge in [-0.05, 0) is 19.2 Å². The van der Waals surface area contributed by atoms with Crippen LogP contribution in [0.25, 0.3) is 0 Å². The van der Waals surface area contributed by atoms with E-state index in [1.807, 2.05) is 0 Å².